The third-order valence-electron chi connectivity index (χ3n) is 7.44. The molecule has 3 nitrogen and oxygen atoms in total. The first kappa shape index (κ1) is 33.8. The van der Waals surface area contributed by atoms with Gasteiger partial charge in [-0.05, 0) is 25.2 Å². The molecule has 0 bridgehead atoms. The van der Waals surface area contributed by atoms with Gasteiger partial charge >= 0.3 is 0 Å². The Morgan fingerprint density at radius 1 is 0.541 bits per heavy atom. The van der Waals surface area contributed by atoms with Crippen molar-refractivity contribution in [3.05, 3.63) is 34.6 Å². The van der Waals surface area contributed by atoms with Gasteiger partial charge in [0, 0.05) is 32.8 Å². The second kappa shape index (κ2) is 18.1. The van der Waals surface area contributed by atoms with Crippen LogP contribution in [0.3, 0.4) is 0 Å². The molecule has 0 amide bonds. The number of ether oxygens (including phenoxy) is 3. The van der Waals surface area contributed by atoms with Crippen LogP contribution in [0.2, 0.25) is 0 Å². The van der Waals surface area contributed by atoms with Crippen molar-refractivity contribution in [2.75, 3.05) is 21.3 Å². The van der Waals surface area contributed by atoms with E-state index >= 15 is 0 Å². The van der Waals surface area contributed by atoms with Crippen molar-refractivity contribution in [2.24, 2.45) is 5.92 Å². The van der Waals surface area contributed by atoms with Crippen LogP contribution >= 0.6 is 0 Å². The molecule has 8 heteroatoms. The van der Waals surface area contributed by atoms with Gasteiger partial charge in [-0.1, -0.05) is 90.9 Å². The summed E-state index contributed by atoms with van der Waals surface area (Å²) in [5.41, 5.74) is -0.717. The zero-order valence-corrected chi connectivity index (χ0v) is 23.4. The normalized spacial score (nSPS) is 13.8. The topological polar surface area (TPSA) is 27.7 Å². The lowest BCUT2D eigenvalue weighted by Crippen LogP contribution is -2.44. The molecular weight excluding hydrogens is 491 g/mol. The van der Waals surface area contributed by atoms with Gasteiger partial charge in [0.05, 0.1) is 0 Å². The van der Waals surface area contributed by atoms with Gasteiger partial charge in [-0.2, -0.15) is 0 Å². The maximum atomic E-state index is 14.0. The zero-order valence-electron chi connectivity index (χ0n) is 23.4. The number of rotatable bonds is 21. The highest BCUT2D eigenvalue weighted by molar-refractivity contribution is 5.27. The van der Waals surface area contributed by atoms with Crippen LogP contribution in [-0.2, 0) is 14.2 Å². The van der Waals surface area contributed by atoms with Crippen LogP contribution in [0.5, 0.6) is 0 Å². The minimum atomic E-state index is -2.11. The van der Waals surface area contributed by atoms with Gasteiger partial charge in [-0.25, -0.2) is 22.0 Å². The third kappa shape index (κ3) is 10.1. The summed E-state index contributed by atoms with van der Waals surface area (Å²) in [6, 6.07) is 0. The predicted octanol–water partition coefficient (Wildman–Crippen LogP) is 9.57. The minimum absolute atomic E-state index is 0.126. The van der Waals surface area contributed by atoms with Gasteiger partial charge in [-0.15, -0.1) is 0 Å². The Kier molecular flexibility index (Phi) is 16.5. The molecule has 2 unspecified atom stereocenters. The summed E-state index contributed by atoms with van der Waals surface area (Å²) in [6.07, 6.45) is 15.0. The monoisotopic (exact) mass is 538 g/mol. The molecule has 0 radical (unpaired) electrons. The Labute approximate surface area is 220 Å². The average molecular weight is 539 g/mol. The van der Waals surface area contributed by atoms with Crippen LogP contribution in [0.1, 0.15) is 122 Å². The van der Waals surface area contributed by atoms with E-state index in [-0.39, 0.29) is 5.92 Å². The number of hydrogen-bond donors (Lipinski definition) is 0. The highest BCUT2D eigenvalue weighted by Crippen LogP contribution is 2.34. The maximum absolute atomic E-state index is 14.0. The lowest BCUT2D eigenvalue weighted by molar-refractivity contribution is -0.380. The molecule has 0 aliphatic heterocycles. The van der Waals surface area contributed by atoms with E-state index in [1.807, 2.05) is 0 Å². The fourth-order valence-corrected chi connectivity index (χ4v) is 5.17. The van der Waals surface area contributed by atoms with Gasteiger partial charge in [0.1, 0.15) is 0 Å². The lowest BCUT2D eigenvalue weighted by atomic mass is 9.91. The molecule has 1 aromatic carbocycles. The summed E-state index contributed by atoms with van der Waals surface area (Å²) >= 11 is 0. The van der Waals surface area contributed by atoms with E-state index in [0.29, 0.717) is 12.8 Å². The molecule has 0 heterocycles. The van der Waals surface area contributed by atoms with Crippen molar-refractivity contribution in [1.82, 2.24) is 0 Å². The van der Waals surface area contributed by atoms with Crippen molar-refractivity contribution >= 4 is 0 Å². The molecule has 2 atom stereocenters. The zero-order chi connectivity index (χ0) is 27.8. The number of halogens is 5. The largest absolute Gasteiger partial charge is 0.331 e. The number of unbranched alkanes of at least 4 members (excludes halogenated alkanes) is 10. The Morgan fingerprint density at radius 2 is 0.892 bits per heavy atom. The second-order valence-electron chi connectivity index (χ2n) is 10.1. The van der Waals surface area contributed by atoms with Gasteiger partial charge in [-0.3, -0.25) is 0 Å². The van der Waals surface area contributed by atoms with Gasteiger partial charge in [0.2, 0.25) is 5.82 Å². The van der Waals surface area contributed by atoms with E-state index in [1.165, 1.54) is 39.0 Å². The van der Waals surface area contributed by atoms with Crippen LogP contribution in [0.4, 0.5) is 22.0 Å². The first-order valence-corrected chi connectivity index (χ1v) is 13.9. The van der Waals surface area contributed by atoms with Gasteiger partial charge in [0.15, 0.2) is 23.3 Å². The summed E-state index contributed by atoms with van der Waals surface area (Å²) in [7, 11) is 4.82. The van der Waals surface area contributed by atoms with Crippen LogP contribution < -0.4 is 0 Å². The van der Waals surface area contributed by atoms with Crippen molar-refractivity contribution < 1.29 is 36.2 Å². The second-order valence-corrected chi connectivity index (χ2v) is 10.1. The minimum Gasteiger partial charge on any atom is -0.331 e. The van der Waals surface area contributed by atoms with E-state index < -0.39 is 46.5 Å². The molecule has 216 valence electrons. The van der Waals surface area contributed by atoms with Crippen molar-refractivity contribution in [2.45, 2.75) is 122 Å². The van der Waals surface area contributed by atoms with Gasteiger partial charge in [0.25, 0.3) is 5.97 Å². The van der Waals surface area contributed by atoms with Crippen molar-refractivity contribution in [1.29, 1.82) is 0 Å². The highest BCUT2D eigenvalue weighted by Gasteiger charge is 2.39. The smallest absolute Gasteiger partial charge is 0.285 e. The fourth-order valence-electron chi connectivity index (χ4n) is 5.17. The van der Waals surface area contributed by atoms with E-state index in [0.717, 1.165) is 51.4 Å². The third-order valence-corrected chi connectivity index (χ3v) is 7.44. The molecule has 0 aliphatic rings. The van der Waals surface area contributed by atoms with E-state index in [4.69, 9.17) is 14.2 Å². The Bertz CT molecular complexity index is 733. The quantitative estimate of drug-likeness (QED) is 0.0513. The van der Waals surface area contributed by atoms with E-state index in [2.05, 4.69) is 6.92 Å². The highest BCUT2D eigenvalue weighted by atomic mass is 19.2. The molecule has 0 aromatic heterocycles. The van der Waals surface area contributed by atoms with Crippen LogP contribution in [-0.4, -0.2) is 27.3 Å². The van der Waals surface area contributed by atoms with E-state index in [9.17, 15) is 22.0 Å². The molecule has 0 spiro atoms. The Morgan fingerprint density at radius 3 is 1.30 bits per heavy atom. The van der Waals surface area contributed by atoms with Crippen LogP contribution in [0.25, 0.3) is 0 Å². The summed E-state index contributed by atoms with van der Waals surface area (Å²) < 4.78 is 85.1. The molecule has 37 heavy (non-hydrogen) atoms. The molecule has 0 N–H and O–H groups in total. The molecular formula is C29H47F5O3. The average Bonchev–Trinajstić information content (AvgIpc) is 2.90. The Hall–Kier alpha value is -1.25. The summed E-state index contributed by atoms with van der Waals surface area (Å²) in [6.45, 7) is 3.71. The Balaban J connectivity index is 2.42. The van der Waals surface area contributed by atoms with Crippen LogP contribution in [0.15, 0.2) is 0 Å². The molecule has 1 rings (SSSR count). The molecule has 0 saturated heterocycles. The van der Waals surface area contributed by atoms with E-state index in [1.54, 1.807) is 21.3 Å². The summed E-state index contributed by atoms with van der Waals surface area (Å²) in [4.78, 5) is 0. The van der Waals surface area contributed by atoms with Crippen LogP contribution in [0, 0.1) is 35.0 Å². The standard InChI is InChI=1S/C29H47F5O3/c1-6-7-8-9-13-16-19-22(29(35-3,36-4)37-5)20-17-14-11-10-12-15-18-21(2)23-24(30)26(32)28(34)27(33)25(23)31/h21-22H,6-20H2,1-5H3. The number of methoxy groups -OCH3 is 3. The number of hydrogen-bond acceptors (Lipinski definition) is 3. The summed E-state index contributed by atoms with van der Waals surface area (Å²) in [5.74, 6) is -11.0. The number of benzene rings is 1. The lowest BCUT2D eigenvalue weighted by Gasteiger charge is -2.36. The SMILES string of the molecule is CCCCCCCCC(CCCCCCCCC(C)c1c(F)c(F)c(F)c(F)c1F)C(OC)(OC)OC. The fraction of sp³-hybridized carbons (Fsp3) is 0.793. The van der Waals surface area contributed by atoms with Crippen molar-refractivity contribution in [3.63, 3.8) is 0 Å². The predicted molar refractivity (Wildman–Crippen MR) is 137 cm³/mol. The first-order valence-electron chi connectivity index (χ1n) is 13.9. The van der Waals surface area contributed by atoms with Gasteiger partial charge < -0.3 is 14.2 Å². The summed E-state index contributed by atoms with van der Waals surface area (Å²) in [5, 5.41) is 0. The molecule has 0 saturated carbocycles. The van der Waals surface area contributed by atoms with Crippen molar-refractivity contribution in [3.8, 4) is 0 Å². The molecule has 1 aromatic rings. The molecule has 0 aliphatic carbocycles. The molecule has 0 fully saturated rings. The first-order chi connectivity index (χ1) is 17.7. The maximum Gasteiger partial charge on any atom is 0.285 e.